The Hall–Kier alpha value is -3.14. The minimum atomic E-state index is -5.15. The number of halogens is 5. The summed E-state index contributed by atoms with van der Waals surface area (Å²) < 4.78 is 76.1. The molecule has 5 nitrogen and oxygen atoms in total. The summed E-state index contributed by atoms with van der Waals surface area (Å²) in [6.45, 7) is 2.99. The van der Waals surface area contributed by atoms with Gasteiger partial charge in [0, 0.05) is 17.1 Å². The van der Waals surface area contributed by atoms with E-state index in [0.717, 1.165) is 25.3 Å². The summed E-state index contributed by atoms with van der Waals surface area (Å²) in [7, 11) is 1.09. The first-order valence-corrected chi connectivity index (χ1v) is 9.66. The molecule has 0 bridgehead atoms. The Morgan fingerprint density at radius 1 is 1.12 bits per heavy atom. The van der Waals surface area contributed by atoms with E-state index in [1.54, 1.807) is 0 Å². The molecule has 0 saturated heterocycles. The molecule has 1 aromatic heterocycles. The Bertz CT molecular complexity index is 1180. The lowest BCUT2D eigenvalue weighted by Crippen LogP contribution is -2.52. The van der Waals surface area contributed by atoms with Crippen molar-refractivity contribution in [1.82, 2.24) is 9.97 Å². The van der Waals surface area contributed by atoms with Gasteiger partial charge in [-0.25, -0.2) is 23.7 Å². The smallest absolute Gasteiger partial charge is 0.423 e. The number of fused-ring (bicyclic) bond motifs is 1. The van der Waals surface area contributed by atoms with Crippen molar-refractivity contribution >= 4 is 22.3 Å². The fraction of sp³-hybridized carbons (Fsp3) is 0.318. The number of aromatic nitrogens is 2. The third-order valence-corrected chi connectivity index (χ3v) is 4.93. The first-order valence-electron chi connectivity index (χ1n) is 9.66. The molecular formula is C22H20F5N3O2. The van der Waals surface area contributed by atoms with Crippen LogP contribution in [0.2, 0.25) is 0 Å². The van der Waals surface area contributed by atoms with Crippen LogP contribution < -0.4 is 4.74 Å². The topological polar surface area (TPSA) is 67.6 Å². The molecule has 0 aliphatic rings. The molecule has 2 aromatic carbocycles. The molecule has 0 saturated carbocycles. The van der Waals surface area contributed by atoms with Crippen LogP contribution in [-0.2, 0) is 0 Å². The molecule has 10 heteroatoms. The number of aliphatic hydroxyl groups is 1. The summed E-state index contributed by atoms with van der Waals surface area (Å²) in [5, 5.41) is 10.9. The van der Waals surface area contributed by atoms with Crippen molar-refractivity contribution in [1.29, 1.82) is 0 Å². The van der Waals surface area contributed by atoms with Gasteiger partial charge in [0.15, 0.2) is 11.6 Å². The van der Waals surface area contributed by atoms with Gasteiger partial charge in [-0.1, -0.05) is 19.4 Å². The lowest BCUT2D eigenvalue weighted by Gasteiger charge is -2.32. The molecule has 1 atom stereocenters. The van der Waals surface area contributed by atoms with Crippen LogP contribution in [0, 0.1) is 18.6 Å². The molecule has 3 aromatic rings. The zero-order valence-electron chi connectivity index (χ0n) is 17.5. The maximum absolute atomic E-state index is 14.4. The maximum atomic E-state index is 14.4. The van der Waals surface area contributed by atoms with E-state index < -0.39 is 41.3 Å². The Labute approximate surface area is 180 Å². The first kappa shape index (κ1) is 23.5. The Morgan fingerprint density at radius 2 is 1.84 bits per heavy atom. The fourth-order valence-corrected chi connectivity index (χ4v) is 3.41. The molecular weight excluding hydrogens is 433 g/mol. The van der Waals surface area contributed by atoms with Gasteiger partial charge in [0.25, 0.3) is 0 Å². The molecule has 0 fully saturated rings. The lowest BCUT2D eigenvalue weighted by atomic mass is 9.86. The molecule has 1 unspecified atom stereocenters. The summed E-state index contributed by atoms with van der Waals surface area (Å²) >= 11 is 0. The van der Waals surface area contributed by atoms with Crippen LogP contribution in [0.1, 0.15) is 31.2 Å². The average Bonchev–Trinajstić information content (AvgIpc) is 2.72. The Kier molecular flexibility index (Phi) is 6.45. The van der Waals surface area contributed by atoms with Crippen LogP contribution in [-0.4, -0.2) is 39.7 Å². The number of aryl methyl sites for hydroxylation is 1. The predicted molar refractivity (Wildman–Crippen MR) is 109 cm³/mol. The van der Waals surface area contributed by atoms with Gasteiger partial charge in [-0.05, 0) is 37.6 Å². The summed E-state index contributed by atoms with van der Waals surface area (Å²) in [6.07, 6.45) is -4.72. The number of nitrogens with zero attached hydrogens (tertiary/aromatic N) is 3. The summed E-state index contributed by atoms with van der Waals surface area (Å²) in [4.78, 5) is 12.0. The highest BCUT2D eigenvalue weighted by Crippen LogP contribution is 2.41. The zero-order valence-corrected chi connectivity index (χ0v) is 17.5. The second kappa shape index (κ2) is 8.78. The summed E-state index contributed by atoms with van der Waals surface area (Å²) in [5.41, 5.74) is -4.96. The number of methoxy groups -OCH3 is 1. The molecule has 0 spiro atoms. The van der Waals surface area contributed by atoms with E-state index >= 15 is 0 Å². The van der Waals surface area contributed by atoms with Crippen molar-refractivity contribution in [2.24, 2.45) is 4.99 Å². The molecule has 1 heterocycles. The Balaban J connectivity index is 2.42. The minimum absolute atomic E-state index is 0.0319. The predicted octanol–water partition coefficient (Wildman–Crippen LogP) is 5.44. The minimum Gasteiger partial charge on any atom is -0.493 e. The van der Waals surface area contributed by atoms with Crippen LogP contribution in [0.5, 0.6) is 5.75 Å². The normalized spacial score (nSPS) is 14.5. The van der Waals surface area contributed by atoms with Crippen molar-refractivity contribution in [3.63, 3.8) is 0 Å². The van der Waals surface area contributed by atoms with Gasteiger partial charge in [-0.2, -0.15) is 13.2 Å². The SMILES string of the molecule is CCCC(O)(C(=Nc1ccc(F)c2nc(C)ncc12)c1cccc(F)c1OC)C(F)(F)F. The van der Waals surface area contributed by atoms with Crippen LogP contribution in [0.4, 0.5) is 27.6 Å². The highest BCUT2D eigenvalue weighted by atomic mass is 19.4. The third-order valence-electron chi connectivity index (χ3n) is 4.93. The Morgan fingerprint density at radius 3 is 2.47 bits per heavy atom. The van der Waals surface area contributed by atoms with Crippen LogP contribution in [0.25, 0.3) is 10.9 Å². The molecule has 0 aliphatic heterocycles. The second-order valence-corrected chi connectivity index (χ2v) is 7.14. The van der Waals surface area contributed by atoms with E-state index in [0.29, 0.717) is 0 Å². The largest absolute Gasteiger partial charge is 0.493 e. The molecule has 170 valence electrons. The second-order valence-electron chi connectivity index (χ2n) is 7.14. The fourth-order valence-electron chi connectivity index (χ4n) is 3.41. The van der Waals surface area contributed by atoms with Crippen LogP contribution in [0.3, 0.4) is 0 Å². The van der Waals surface area contributed by atoms with Gasteiger partial charge in [0.2, 0.25) is 5.60 Å². The van der Waals surface area contributed by atoms with E-state index in [2.05, 4.69) is 15.0 Å². The average molecular weight is 453 g/mol. The van der Waals surface area contributed by atoms with Gasteiger partial charge in [-0.15, -0.1) is 0 Å². The number of para-hydroxylation sites is 1. The van der Waals surface area contributed by atoms with E-state index in [-0.39, 0.29) is 34.4 Å². The summed E-state index contributed by atoms with van der Waals surface area (Å²) in [5.74, 6) is -1.90. The quantitative estimate of drug-likeness (QED) is 0.399. The van der Waals surface area contributed by atoms with E-state index in [1.165, 1.54) is 32.2 Å². The standard InChI is InChI=1S/C22H20F5N3O2/c1-4-10-21(31,22(25,26)27)20(13-6-5-7-16(24)19(13)32-3)30-17-9-8-15(23)18-14(17)11-28-12(2)29-18/h5-9,11,31H,4,10H2,1-3H3. The van der Waals surface area contributed by atoms with E-state index in [9.17, 15) is 27.1 Å². The van der Waals surface area contributed by atoms with Crippen molar-refractivity contribution in [2.75, 3.05) is 7.11 Å². The third kappa shape index (κ3) is 4.14. The van der Waals surface area contributed by atoms with Gasteiger partial charge >= 0.3 is 6.18 Å². The van der Waals surface area contributed by atoms with Crippen LogP contribution in [0.15, 0.2) is 41.5 Å². The number of ether oxygens (including phenoxy) is 1. The molecule has 0 amide bonds. The van der Waals surface area contributed by atoms with Gasteiger partial charge in [0.1, 0.15) is 17.2 Å². The van der Waals surface area contributed by atoms with Crippen LogP contribution >= 0.6 is 0 Å². The lowest BCUT2D eigenvalue weighted by molar-refractivity contribution is -0.232. The molecule has 0 radical (unpaired) electrons. The van der Waals surface area contributed by atoms with E-state index in [1.807, 2.05) is 0 Å². The number of alkyl halides is 3. The molecule has 3 rings (SSSR count). The van der Waals surface area contributed by atoms with E-state index in [4.69, 9.17) is 4.74 Å². The number of rotatable bonds is 6. The van der Waals surface area contributed by atoms with Gasteiger partial charge < -0.3 is 9.84 Å². The highest BCUT2D eigenvalue weighted by Gasteiger charge is 2.57. The van der Waals surface area contributed by atoms with Gasteiger partial charge in [0.05, 0.1) is 18.5 Å². The van der Waals surface area contributed by atoms with Crippen molar-refractivity contribution in [3.8, 4) is 5.75 Å². The number of hydrogen-bond donors (Lipinski definition) is 1. The number of aliphatic imine (C=N–C) groups is 1. The number of benzene rings is 2. The summed E-state index contributed by atoms with van der Waals surface area (Å²) in [6, 6.07) is 5.50. The highest BCUT2D eigenvalue weighted by molar-refractivity contribution is 6.11. The molecule has 32 heavy (non-hydrogen) atoms. The zero-order chi connectivity index (χ0) is 23.7. The maximum Gasteiger partial charge on any atom is 0.423 e. The number of hydrogen-bond acceptors (Lipinski definition) is 5. The first-order chi connectivity index (χ1) is 15.0. The molecule has 1 N–H and O–H groups in total. The van der Waals surface area contributed by atoms with Gasteiger partial charge in [-0.3, -0.25) is 0 Å². The van der Waals surface area contributed by atoms with Crippen molar-refractivity contribution in [3.05, 3.63) is 59.6 Å². The molecule has 0 aliphatic carbocycles. The van der Waals surface area contributed by atoms with Crippen molar-refractivity contribution in [2.45, 2.75) is 38.5 Å². The monoisotopic (exact) mass is 453 g/mol. The van der Waals surface area contributed by atoms with Crippen molar-refractivity contribution < 1.29 is 31.8 Å².